The third-order valence-electron chi connectivity index (χ3n) is 3.87. The van der Waals surface area contributed by atoms with Crippen molar-refractivity contribution in [3.63, 3.8) is 0 Å². The fourth-order valence-corrected chi connectivity index (χ4v) is 2.64. The zero-order chi connectivity index (χ0) is 16.7. The summed E-state index contributed by atoms with van der Waals surface area (Å²) in [7, 11) is 0. The number of benzene rings is 1. The van der Waals surface area contributed by atoms with Gasteiger partial charge in [0.05, 0.1) is 6.07 Å². The Morgan fingerprint density at radius 2 is 2.13 bits per heavy atom. The molecule has 2 rings (SSSR count). The lowest BCUT2D eigenvalue weighted by Crippen LogP contribution is -2.46. The summed E-state index contributed by atoms with van der Waals surface area (Å²) < 4.78 is 0. The number of hydrogen-bond acceptors (Lipinski definition) is 3. The standard InChI is InChI=1S/C18H21N3O2/c1-14-3-2-4-15(13-14)5-6-18(23)21-11-8-16(9-12-21)20-17(22)7-10-19/h2-6,13,16H,7-9,11-12H2,1H3,(H,20,22)/b6-5+. The van der Waals surface area contributed by atoms with Crippen LogP contribution >= 0.6 is 0 Å². The van der Waals surface area contributed by atoms with Crippen molar-refractivity contribution in [1.29, 1.82) is 5.26 Å². The Kier molecular flexibility index (Phi) is 5.93. The van der Waals surface area contributed by atoms with E-state index in [1.54, 1.807) is 11.0 Å². The summed E-state index contributed by atoms with van der Waals surface area (Å²) in [5.41, 5.74) is 2.17. The van der Waals surface area contributed by atoms with Crippen LogP contribution in [0.3, 0.4) is 0 Å². The molecule has 1 aromatic rings. The normalized spacial score (nSPS) is 15.4. The van der Waals surface area contributed by atoms with E-state index in [1.807, 2.05) is 43.3 Å². The lowest BCUT2D eigenvalue weighted by Gasteiger charge is -2.31. The van der Waals surface area contributed by atoms with Gasteiger partial charge in [0.2, 0.25) is 11.8 Å². The van der Waals surface area contributed by atoms with Crippen LogP contribution in [0.15, 0.2) is 30.3 Å². The van der Waals surface area contributed by atoms with Crippen molar-refractivity contribution in [1.82, 2.24) is 10.2 Å². The Balaban J connectivity index is 1.82. The highest BCUT2D eigenvalue weighted by molar-refractivity contribution is 5.91. The molecule has 5 heteroatoms. The number of piperidine rings is 1. The van der Waals surface area contributed by atoms with Gasteiger partial charge in [-0.15, -0.1) is 0 Å². The number of nitriles is 1. The Morgan fingerprint density at radius 1 is 1.39 bits per heavy atom. The van der Waals surface area contributed by atoms with Crippen molar-refractivity contribution < 1.29 is 9.59 Å². The smallest absolute Gasteiger partial charge is 0.246 e. The van der Waals surface area contributed by atoms with Gasteiger partial charge in [0.25, 0.3) is 0 Å². The first-order valence-corrected chi connectivity index (χ1v) is 7.78. The predicted molar refractivity (Wildman–Crippen MR) is 88.2 cm³/mol. The maximum atomic E-state index is 12.2. The predicted octanol–water partition coefficient (Wildman–Crippen LogP) is 2.03. The van der Waals surface area contributed by atoms with Crippen molar-refractivity contribution in [3.05, 3.63) is 41.5 Å². The third-order valence-corrected chi connectivity index (χ3v) is 3.87. The number of carbonyl (C=O) groups is 2. The van der Waals surface area contributed by atoms with E-state index in [-0.39, 0.29) is 24.3 Å². The van der Waals surface area contributed by atoms with E-state index in [9.17, 15) is 9.59 Å². The van der Waals surface area contributed by atoms with Gasteiger partial charge in [0.15, 0.2) is 0 Å². The highest BCUT2D eigenvalue weighted by Crippen LogP contribution is 2.12. The second-order valence-corrected chi connectivity index (χ2v) is 5.75. The number of aryl methyl sites for hydroxylation is 1. The molecule has 23 heavy (non-hydrogen) atoms. The van der Waals surface area contributed by atoms with E-state index < -0.39 is 0 Å². The number of likely N-dealkylation sites (tertiary alicyclic amines) is 1. The fraction of sp³-hybridized carbons (Fsp3) is 0.389. The van der Waals surface area contributed by atoms with Crippen molar-refractivity contribution in [3.8, 4) is 6.07 Å². The summed E-state index contributed by atoms with van der Waals surface area (Å²) in [4.78, 5) is 25.4. The van der Waals surface area contributed by atoms with Gasteiger partial charge in [-0.25, -0.2) is 0 Å². The molecule has 1 aliphatic rings. The van der Waals surface area contributed by atoms with Crippen LogP contribution in [0, 0.1) is 18.3 Å². The zero-order valence-electron chi connectivity index (χ0n) is 13.3. The van der Waals surface area contributed by atoms with E-state index in [1.165, 1.54) is 0 Å². The van der Waals surface area contributed by atoms with Crippen LogP contribution < -0.4 is 5.32 Å². The molecule has 0 unspecified atom stereocenters. The number of nitrogens with one attached hydrogen (secondary N) is 1. The van der Waals surface area contributed by atoms with E-state index in [0.29, 0.717) is 13.1 Å². The van der Waals surface area contributed by atoms with Gasteiger partial charge in [-0.05, 0) is 31.4 Å². The maximum absolute atomic E-state index is 12.2. The summed E-state index contributed by atoms with van der Waals surface area (Å²) >= 11 is 0. The first-order valence-electron chi connectivity index (χ1n) is 7.78. The molecule has 1 aromatic carbocycles. The van der Waals surface area contributed by atoms with Crippen LogP contribution in [0.1, 0.15) is 30.4 Å². The van der Waals surface area contributed by atoms with Gasteiger partial charge >= 0.3 is 0 Å². The van der Waals surface area contributed by atoms with Crippen LogP contribution in [0.25, 0.3) is 6.08 Å². The fourth-order valence-electron chi connectivity index (χ4n) is 2.64. The molecule has 0 aromatic heterocycles. The van der Waals surface area contributed by atoms with E-state index in [0.717, 1.165) is 24.0 Å². The molecule has 0 atom stereocenters. The second kappa shape index (κ2) is 8.14. The molecule has 0 spiro atoms. The summed E-state index contributed by atoms with van der Waals surface area (Å²) in [6.07, 6.45) is 4.76. The molecule has 1 fully saturated rings. The SMILES string of the molecule is Cc1cccc(/C=C/C(=O)N2CCC(NC(=O)CC#N)CC2)c1. The molecule has 1 N–H and O–H groups in total. The van der Waals surface area contributed by atoms with Crippen LogP contribution in [0.4, 0.5) is 0 Å². The molecule has 0 saturated carbocycles. The largest absolute Gasteiger partial charge is 0.352 e. The van der Waals surface area contributed by atoms with Gasteiger partial charge in [0, 0.05) is 25.2 Å². The zero-order valence-corrected chi connectivity index (χ0v) is 13.3. The van der Waals surface area contributed by atoms with Gasteiger partial charge in [-0.3, -0.25) is 9.59 Å². The van der Waals surface area contributed by atoms with E-state index in [4.69, 9.17) is 5.26 Å². The average Bonchev–Trinajstić information content (AvgIpc) is 2.53. The molecule has 1 heterocycles. The van der Waals surface area contributed by atoms with Crippen molar-refractivity contribution >= 4 is 17.9 Å². The summed E-state index contributed by atoms with van der Waals surface area (Å²) in [6, 6.07) is 9.87. The highest BCUT2D eigenvalue weighted by Gasteiger charge is 2.22. The number of nitrogens with zero attached hydrogens (tertiary/aromatic N) is 2. The molecular formula is C18H21N3O2. The number of carbonyl (C=O) groups excluding carboxylic acids is 2. The van der Waals surface area contributed by atoms with Crippen molar-refractivity contribution in [2.24, 2.45) is 0 Å². The number of rotatable bonds is 4. The Bertz CT molecular complexity index is 638. The van der Waals surface area contributed by atoms with Crippen molar-refractivity contribution in [2.75, 3.05) is 13.1 Å². The Hall–Kier alpha value is -2.61. The Labute approximate surface area is 136 Å². The van der Waals surface area contributed by atoms with Gasteiger partial charge in [0.1, 0.15) is 6.42 Å². The minimum atomic E-state index is -0.239. The molecule has 5 nitrogen and oxygen atoms in total. The van der Waals surface area contributed by atoms with Crippen LogP contribution in [-0.4, -0.2) is 35.8 Å². The van der Waals surface area contributed by atoms with Gasteiger partial charge < -0.3 is 10.2 Å². The molecule has 0 radical (unpaired) electrons. The molecule has 0 aliphatic carbocycles. The molecular weight excluding hydrogens is 290 g/mol. The number of amides is 2. The Morgan fingerprint density at radius 3 is 2.78 bits per heavy atom. The van der Waals surface area contributed by atoms with Gasteiger partial charge in [-0.2, -0.15) is 5.26 Å². The van der Waals surface area contributed by atoms with Gasteiger partial charge in [-0.1, -0.05) is 29.8 Å². The summed E-state index contributed by atoms with van der Waals surface area (Å²) in [5, 5.41) is 11.3. The summed E-state index contributed by atoms with van der Waals surface area (Å²) in [6.45, 7) is 3.26. The lowest BCUT2D eigenvalue weighted by molar-refractivity contribution is -0.127. The summed E-state index contributed by atoms with van der Waals surface area (Å²) in [5.74, 6) is -0.245. The van der Waals surface area contributed by atoms with Crippen molar-refractivity contribution in [2.45, 2.75) is 32.2 Å². The molecule has 0 bridgehead atoms. The number of hydrogen-bond donors (Lipinski definition) is 1. The average molecular weight is 311 g/mol. The molecule has 1 aliphatic heterocycles. The van der Waals surface area contributed by atoms with Crippen LogP contribution in [0.5, 0.6) is 0 Å². The third kappa shape index (κ3) is 5.26. The molecule has 120 valence electrons. The topological polar surface area (TPSA) is 73.2 Å². The van der Waals surface area contributed by atoms with Crippen LogP contribution in [0.2, 0.25) is 0 Å². The molecule has 2 amide bonds. The minimum Gasteiger partial charge on any atom is -0.352 e. The lowest BCUT2D eigenvalue weighted by atomic mass is 10.0. The monoisotopic (exact) mass is 311 g/mol. The van der Waals surface area contributed by atoms with Crippen LogP contribution in [-0.2, 0) is 9.59 Å². The first-order chi connectivity index (χ1) is 11.1. The first kappa shape index (κ1) is 16.8. The van der Waals surface area contributed by atoms with E-state index >= 15 is 0 Å². The molecule has 1 saturated heterocycles. The van der Waals surface area contributed by atoms with E-state index in [2.05, 4.69) is 5.32 Å². The minimum absolute atomic E-state index is 0.00620. The maximum Gasteiger partial charge on any atom is 0.246 e. The highest BCUT2D eigenvalue weighted by atomic mass is 16.2. The second-order valence-electron chi connectivity index (χ2n) is 5.75. The quantitative estimate of drug-likeness (QED) is 0.865.